The Kier molecular flexibility index (Phi) is 8.51. The molecule has 1 aliphatic carbocycles. The summed E-state index contributed by atoms with van der Waals surface area (Å²) in [6.07, 6.45) is 6.99. The third-order valence-corrected chi connectivity index (χ3v) is 6.18. The van der Waals surface area contributed by atoms with Gasteiger partial charge in [0.15, 0.2) is 0 Å². The second kappa shape index (κ2) is 11.3. The molecule has 0 spiro atoms. The standard InChI is InChI=1S/C23H36N4O4/c1-17(2)24-23(28)18-6-8-19(9-7-18)25-21-16-20(10-11-22(21)27(29)30)31-15-14-26-12-4-3-5-13-26/h10-11,16-19,25H,3-9,12-15H2,1-2H3,(H,24,28). The van der Waals surface area contributed by atoms with Crippen molar-refractivity contribution in [1.29, 1.82) is 0 Å². The first-order chi connectivity index (χ1) is 14.9. The molecule has 1 saturated heterocycles. The number of nitrogens with zero attached hydrogens (tertiary/aromatic N) is 2. The van der Waals surface area contributed by atoms with Gasteiger partial charge in [0.05, 0.1) is 4.92 Å². The molecule has 8 nitrogen and oxygen atoms in total. The Morgan fingerprint density at radius 2 is 1.90 bits per heavy atom. The fourth-order valence-corrected chi connectivity index (χ4v) is 4.48. The van der Waals surface area contributed by atoms with Crippen molar-refractivity contribution in [2.45, 2.75) is 70.9 Å². The lowest BCUT2D eigenvalue weighted by molar-refractivity contribution is -0.384. The third kappa shape index (κ3) is 7.09. The SMILES string of the molecule is CC(C)NC(=O)C1CCC(Nc2cc(OCCN3CCCCC3)ccc2[N+](=O)[O-])CC1. The van der Waals surface area contributed by atoms with Crippen molar-refractivity contribution in [1.82, 2.24) is 10.2 Å². The van der Waals surface area contributed by atoms with E-state index in [-0.39, 0.29) is 34.5 Å². The molecule has 1 aliphatic heterocycles. The van der Waals surface area contributed by atoms with Crippen molar-refractivity contribution in [2.75, 3.05) is 31.6 Å². The van der Waals surface area contributed by atoms with Gasteiger partial charge in [0.25, 0.3) is 5.69 Å². The molecule has 2 aliphatic rings. The molecule has 1 aromatic rings. The van der Waals surface area contributed by atoms with Crippen LogP contribution in [0, 0.1) is 16.0 Å². The molecule has 3 rings (SSSR count). The number of carbonyl (C=O) groups excluding carboxylic acids is 1. The van der Waals surface area contributed by atoms with Gasteiger partial charge in [-0.2, -0.15) is 0 Å². The van der Waals surface area contributed by atoms with Crippen molar-refractivity contribution in [3.8, 4) is 5.75 Å². The lowest BCUT2D eigenvalue weighted by atomic mass is 9.85. The van der Waals surface area contributed by atoms with Crippen molar-refractivity contribution < 1.29 is 14.5 Å². The molecule has 0 aromatic heterocycles. The van der Waals surface area contributed by atoms with E-state index in [0.29, 0.717) is 18.0 Å². The molecule has 1 heterocycles. The van der Waals surface area contributed by atoms with Crippen LogP contribution in [0.25, 0.3) is 0 Å². The first-order valence-electron chi connectivity index (χ1n) is 11.6. The van der Waals surface area contributed by atoms with Crippen LogP contribution in [0.3, 0.4) is 0 Å². The van der Waals surface area contributed by atoms with Gasteiger partial charge in [-0.3, -0.25) is 19.8 Å². The number of nitrogens with one attached hydrogen (secondary N) is 2. The number of benzene rings is 1. The van der Waals surface area contributed by atoms with Crippen LogP contribution >= 0.6 is 0 Å². The zero-order valence-corrected chi connectivity index (χ0v) is 18.8. The van der Waals surface area contributed by atoms with Gasteiger partial charge in [-0.15, -0.1) is 0 Å². The molecule has 1 saturated carbocycles. The third-order valence-electron chi connectivity index (χ3n) is 6.18. The summed E-state index contributed by atoms with van der Waals surface area (Å²) in [5.74, 6) is 0.790. The number of nitro benzene ring substituents is 1. The average molecular weight is 433 g/mol. The van der Waals surface area contributed by atoms with Crippen LogP contribution in [0.15, 0.2) is 18.2 Å². The number of piperidine rings is 1. The van der Waals surface area contributed by atoms with Crippen molar-refractivity contribution in [3.05, 3.63) is 28.3 Å². The highest BCUT2D eigenvalue weighted by molar-refractivity contribution is 5.79. The van der Waals surface area contributed by atoms with E-state index in [0.717, 1.165) is 45.3 Å². The summed E-state index contributed by atoms with van der Waals surface area (Å²) >= 11 is 0. The van der Waals surface area contributed by atoms with E-state index in [2.05, 4.69) is 15.5 Å². The Morgan fingerprint density at radius 1 is 1.19 bits per heavy atom. The minimum absolute atomic E-state index is 0.0277. The summed E-state index contributed by atoms with van der Waals surface area (Å²) in [7, 11) is 0. The number of amides is 1. The van der Waals surface area contributed by atoms with Crippen molar-refractivity contribution in [2.24, 2.45) is 5.92 Å². The number of carbonyl (C=O) groups is 1. The smallest absolute Gasteiger partial charge is 0.292 e. The van der Waals surface area contributed by atoms with Crippen LogP contribution in [0.4, 0.5) is 11.4 Å². The molecule has 8 heteroatoms. The number of anilines is 1. The molecule has 172 valence electrons. The van der Waals surface area contributed by atoms with Crippen LogP contribution in [0.5, 0.6) is 5.75 Å². The average Bonchev–Trinajstić information content (AvgIpc) is 2.74. The topological polar surface area (TPSA) is 96.7 Å². The second-order valence-electron chi connectivity index (χ2n) is 9.04. The summed E-state index contributed by atoms with van der Waals surface area (Å²) in [5, 5.41) is 17.8. The zero-order valence-electron chi connectivity index (χ0n) is 18.8. The fraction of sp³-hybridized carbons (Fsp3) is 0.696. The molecular weight excluding hydrogens is 396 g/mol. The highest BCUT2D eigenvalue weighted by atomic mass is 16.6. The van der Waals surface area contributed by atoms with Crippen LogP contribution in [0.1, 0.15) is 58.8 Å². The zero-order chi connectivity index (χ0) is 22.2. The Hall–Kier alpha value is -2.35. The predicted octanol–water partition coefficient (Wildman–Crippen LogP) is 3.95. The monoisotopic (exact) mass is 432 g/mol. The van der Waals surface area contributed by atoms with E-state index in [1.165, 1.54) is 25.3 Å². The Balaban J connectivity index is 1.54. The summed E-state index contributed by atoms with van der Waals surface area (Å²) in [6, 6.07) is 5.19. The van der Waals surface area contributed by atoms with Gasteiger partial charge >= 0.3 is 0 Å². The molecule has 0 radical (unpaired) electrons. The fourth-order valence-electron chi connectivity index (χ4n) is 4.48. The van der Waals surface area contributed by atoms with Gasteiger partial charge in [-0.1, -0.05) is 6.42 Å². The minimum atomic E-state index is -0.360. The molecule has 2 fully saturated rings. The molecule has 1 aromatic carbocycles. The number of ether oxygens (including phenoxy) is 1. The summed E-state index contributed by atoms with van der Waals surface area (Å²) in [6.45, 7) is 7.62. The maximum atomic E-state index is 12.2. The largest absolute Gasteiger partial charge is 0.492 e. The summed E-state index contributed by atoms with van der Waals surface area (Å²) in [5.41, 5.74) is 0.554. The first-order valence-corrected chi connectivity index (χ1v) is 11.6. The lowest BCUT2D eigenvalue weighted by Gasteiger charge is -2.29. The van der Waals surface area contributed by atoms with Gasteiger partial charge in [-0.05, 0) is 71.5 Å². The van der Waals surface area contributed by atoms with Crippen LogP contribution in [-0.2, 0) is 4.79 Å². The van der Waals surface area contributed by atoms with Gasteiger partial charge in [0.2, 0.25) is 5.91 Å². The molecular formula is C23H36N4O4. The Bertz CT molecular complexity index is 741. The van der Waals surface area contributed by atoms with Crippen LogP contribution in [-0.4, -0.2) is 54.1 Å². The molecule has 0 atom stereocenters. The van der Waals surface area contributed by atoms with Gasteiger partial charge in [0, 0.05) is 36.7 Å². The Morgan fingerprint density at radius 3 is 2.55 bits per heavy atom. The van der Waals surface area contributed by atoms with E-state index >= 15 is 0 Å². The van der Waals surface area contributed by atoms with E-state index in [4.69, 9.17) is 4.74 Å². The first kappa shape index (κ1) is 23.3. The van der Waals surface area contributed by atoms with Gasteiger partial charge in [0.1, 0.15) is 18.0 Å². The second-order valence-corrected chi connectivity index (χ2v) is 9.04. The number of hydrogen-bond donors (Lipinski definition) is 2. The number of rotatable bonds is 9. The molecule has 1 amide bonds. The highest BCUT2D eigenvalue weighted by Gasteiger charge is 2.28. The highest BCUT2D eigenvalue weighted by Crippen LogP contribution is 2.33. The Labute approximate surface area is 184 Å². The molecule has 0 bridgehead atoms. The molecule has 2 N–H and O–H groups in total. The summed E-state index contributed by atoms with van der Waals surface area (Å²) in [4.78, 5) is 25.8. The molecule has 31 heavy (non-hydrogen) atoms. The number of nitro groups is 1. The maximum Gasteiger partial charge on any atom is 0.292 e. The predicted molar refractivity (Wildman–Crippen MR) is 122 cm³/mol. The van der Waals surface area contributed by atoms with E-state index in [9.17, 15) is 14.9 Å². The maximum absolute atomic E-state index is 12.2. The van der Waals surface area contributed by atoms with Crippen LogP contribution in [0.2, 0.25) is 0 Å². The lowest BCUT2D eigenvalue weighted by Crippen LogP contribution is -2.38. The number of hydrogen-bond acceptors (Lipinski definition) is 6. The van der Waals surface area contributed by atoms with E-state index < -0.39 is 0 Å². The summed E-state index contributed by atoms with van der Waals surface area (Å²) < 4.78 is 5.90. The quantitative estimate of drug-likeness (QED) is 0.453. The van der Waals surface area contributed by atoms with Gasteiger partial charge in [-0.25, -0.2) is 0 Å². The molecule has 0 unspecified atom stereocenters. The van der Waals surface area contributed by atoms with Crippen molar-refractivity contribution in [3.63, 3.8) is 0 Å². The van der Waals surface area contributed by atoms with Crippen LogP contribution < -0.4 is 15.4 Å². The number of likely N-dealkylation sites (tertiary alicyclic amines) is 1. The normalized spacial score (nSPS) is 22.2. The van der Waals surface area contributed by atoms with E-state index in [1.54, 1.807) is 12.1 Å². The van der Waals surface area contributed by atoms with E-state index in [1.807, 2.05) is 13.8 Å². The minimum Gasteiger partial charge on any atom is -0.492 e. The van der Waals surface area contributed by atoms with Crippen molar-refractivity contribution >= 4 is 17.3 Å². The van der Waals surface area contributed by atoms with Gasteiger partial charge < -0.3 is 15.4 Å².